The molecule has 2 aromatic carbocycles. The van der Waals surface area contributed by atoms with Crippen LogP contribution >= 0.6 is 11.8 Å². The van der Waals surface area contributed by atoms with Gasteiger partial charge in [-0.15, -0.1) is 11.8 Å². The van der Waals surface area contributed by atoms with Crippen molar-refractivity contribution in [2.45, 2.75) is 44.6 Å². The molecular weight excluding hydrogens is 318 g/mol. The van der Waals surface area contributed by atoms with E-state index in [-0.39, 0.29) is 12.0 Å². The summed E-state index contributed by atoms with van der Waals surface area (Å²) < 4.78 is 5.71. The Morgan fingerprint density at radius 3 is 2.42 bits per heavy atom. The van der Waals surface area contributed by atoms with Crippen molar-refractivity contribution in [1.82, 2.24) is 5.32 Å². The Kier molecular flexibility index (Phi) is 6.73. The molecule has 0 aromatic heterocycles. The maximum absolute atomic E-state index is 12.4. The smallest absolute Gasteiger partial charge is 0.409 e. The Balaban J connectivity index is 2.16. The van der Waals surface area contributed by atoms with Crippen LogP contribution in [0.4, 0.5) is 4.79 Å². The fourth-order valence-corrected chi connectivity index (χ4v) is 3.27. The Morgan fingerprint density at radius 1 is 1.08 bits per heavy atom. The molecule has 1 amide bonds. The molecule has 0 radical (unpaired) electrons. The van der Waals surface area contributed by atoms with Gasteiger partial charge < -0.3 is 10.1 Å². The average Bonchev–Trinajstić information content (AvgIpc) is 2.57. The number of rotatable bonds is 6. The second-order valence-corrected chi connectivity index (χ2v) is 7.23. The standard InChI is InChI=1S/C20H25NO2S/c1-5-24-18-13-9-12-17(14(2)3)19(18)23-20(22)21-15(4)16-10-7-6-8-11-16/h6-15H,5H2,1-4H3,(H,21,22)/t15-/m1/s1. The van der Waals surface area contributed by atoms with Crippen molar-refractivity contribution in [2.24, 2.45) is 0 Å². The fraction of sp³-hybridized carbons (Fsp3) is 0.350. The van der Waals surface area contributed by atoms with Gasteiger partial charge in [0.2, 0.25) is 0 Å². The largest absolute Gasteiger partial charge is 0.413 e. The molecule has 0 bridgehead atoms. The molecule has 0 fully saturated rings. The van der Waals surface area contributed by atoms with Crippen molar-refractivity contribution in [3.05, 3.63) is 59.7 Å². The summed E-state index contributed by atoms with van der Waals surface area (Å²) in [5.41, 5.74) is 2.10. The van der Waals surface area contributed by atoms with Crippen molar-refractivity contribution >= 4 is 17.9 Å². The molecule has 0 spiro atoms. The monoisotopic (exact) mass is 343 g/mol. The number of benzene rings is 2. The maximum atomic E-state index is 12.4. The second kappa shape index (κ2) is 8.78. The van der Waals surface area contributed by atoms with E-state index >= 15 is 0 Å². The van der Waals surface area contributed by atoms with Crippen LogP contribution in [0.3, 0.4) is 0 Å². The predicted molar refractivity (Wildman–Crippen MR) is 101 cm³/mol. The van der Waals surface area contributed by atoms with Crippen LogP contribution in [0, 0.1) is 0 Å². The van der Waals surface area contributed by atoms with Gasteiger partial charge in [-0.25, -0.2) is 4.79 Å². The van der Waals surface area contributed by atoms with Gasteiger partial charge in [0.25, 0.3) is 0 Å². The Labute approximate surface area is 148 Å². The number of nitrogens with one attached hydrogen (secondary N) is 1. The lowest BCUT2D eigenvalue weighted by Crippen LogP contribution is -2.30. The Bertz CT molecular complexity index is 671. The normalized spacial score (nSPS) is 12.0. The third-order valence-electron chi connectivity index (χ3n) is 3.76. The molecule has 1 atom stereocenters. The van der Waals surface area contributed by atoms with Crippen LogP contribution in [-0.4, -0.2) is 11.8 Å². The number of para-hydroxylation sites is 1. The van der Waals surface area contributed by atoms with Crippen LogP contribution in [0.25, 0.3) is 0 Å². The molecule has 2 aromatic rings. The summed E-state index contributed by atoms with van der Waals surface area (Å²) in [7, 11) is 0. The van der Waals surface area contributed by atoms with Gasteiger partial charge in [0.15, 0.2) is 0 Å². The van der Waals surface area contributed by atoms with E-state index in [1.807, 2.05) is 55.5 Å². The van der Waals surface area contributed by atoms with E-state index in [0.29, 0.717) is 5.75 Å². The lowest BCUT2D eigenvalue weighted by Gasteiger charge is -2.18. The number of thioether (sulfide) groups is 1. The highest BCUT2D eigenvalue weighted by atomic mass is 32.2. The number of hydrogen-bond acceptors (Lipinski definition) is 3. The van der Waals surface area contributed by atoms with Crippen LogP contribution in [0.1, 0.15) is 50.8 Å². The molecule has 3 nitrogen and oxygen atoms in total. The zero-order valence-electron chi connectivity index (χ0n) is 14.7. The number of carbonyl (C=O) groups excluding carboxylic acids is 1. The quantitative estimate of drug-likeness (QED) is 0.676. The lowest BCUT2D eigenvalue weighted by molar-refractivity contribution is 0.195. The summed E-state index contributed by atoms with van der Waals surface area (Å²) >= 11 is 1.69. The van der Waals surface area contributed by atoms with E-state index in [4.69, 9.17) is 4.74 Å². The molecule has 0 aliphatic carbocycles. The average molecular weight is 343 g/mol. The first-order valence-corrected chi connectivity index (χ1v) is 9.30. The third kappa shape index (κ3) is 4.78. The van der Waals surface area contributed by atoms with Crippen molar-refractivity contribution in [3.63, 3.8) is 0 Å². The van der Waals surface area contributed by atoms with E-state index < -0.39 is 6.09 Å². The van der Waals surface area contributed by atoms with Gasteiger partial charge in [-0.1, -0.05) is 63.2 Å². The molecule has 0 saturated heterocycles. The molecule has 4 heteroatoms. The topological polar surface area (TPSA) is 38.3 Å². The van der Waals surface area contributed by atoms with Gasteiger partial charge in [-0.05, 0) is 35.8 Å². The van der Waals surface area contributed by atoms with Crippen LogP contribution < -0.4 is 10.1 Å². The molecule has 24 heavy (non-hydrogen) atoms. The maximum Gasteiger partial charge on any atom is 0.413 e. The molecule has 0 aliphatic rings. The van der Waals surface area contributed by atoms with Crippen molar-refractivity contribution in [2.75, 3.05) is 5.75 Å². The summed E-state index contributed by atoms with van der Waals surface area (Å²) in [6, 6.07) is 15.8. The zero-order valence-corrected chi connectivity index (χ0v) is 15.5. The van der Waals surface area contributed by atoms with E-state index in [1.165, 1.54) is 0 Å². The van der Waals surface area contributed by atoms with E-state index in [9.17, 15) is 4.79 Å². The first-order chi connectivity index (χ1) is 11.5. The number of hydrogen-bond donors (Lipinski definition) is 1. The summed E-state index contributed by atoms with van der Waals surface area (Å²) in [5, 5.41) is 2.91. The van der Waals surface area contributed by atoms with Gasteiger partial charge in [0.1, 0.15) is 5.75 Å². The van der Waals surface area contributed by atoms with E-state index in [1.54, 1.807) is 11.8 Å². The van der Waals surface area contributed by atoms with Crippen LogP contribution in [0.2, 0.25) is 0 Å². The summed E-state index contributed by atoms with van der Waals surface area (Å²) in [6.45, 7) is 8.25. The number of ether oxygens (including phenoxy) is 1. The summed E-state index contributed by atoms with van der Waals surface area (Å²) in [6.07, 6.45) is -0.419. The number of amides is 1. The molecule has 128 valence electrons. The predicted octanol–water partition coefficient (Wildman–Crippen LogP) is 5.77. The summed E-state index contributed by atoms with van der Waals surface area (Å²) in [4.78, 5) is 13.4. The van der Waals surface area contributed by atoms with Crippen molar-refractivity contribution in [1.29, 1.82) is 0 Å². The fourth-order valence-electron chi connectivity index (χ4n) is 2.49. The summed E-state index contributed by atoms with van der Waals surface area (Å²) in [5.74, 6) is 1.90. The minimum absolute atomic E-state index is 0.104. The van der Waals surface area contributed by atoms with Crippen LogP contribution in [0.5, 0.6) is 5.75 Å². The Morgan fingerprint density at radius 2 is 1.79 bits per heavy atom. The molecule has 0 aliphatic heterocycles. The first kappa shape index (κ1) is 18.4. The minimum Gasteiger partial charge on any atom is -0.409 e. The first-order valence-electron chi connectivity index (χ1n) is 8.32. The van der Waals surface area contributed by atoms with Gasteiger partial charge in [-0.3, -0.25) is 0 Å². The zero-order chi connectivity index (χ0) is 17.5. The highest BCUT2D eigenvalue weighted by molar-refractivity contribution is 7.99. The molecule has 0 heterocycles. The highest BCUT2D eigenvalue weighted by Gasteiger charge is 2.18. The second-order valence-electron chi connectivity index (χ2n) is 5.93. The van der Waals surface area contributed by atoms with E-state index in [0.717, 1.165) is 21.8 Å². The molecule has 0 unspecified atom stereocenters. The molecule has 2 rings (SSSR count). The van der Waals surface area contributed by atoms with Gasteiger partial charge in [0, 0.05) is 0 Å². The van der Waals surface area contributed by atoms with Gasteiger partial charge in [0.05, 0.1) is 10.9 Å². The van der Waals surface area contributed by atoms with E-state index in [2.05, 4.69) is 26.1 Å². The van der Waals surface area contributed by atoms with Crippen molar-refractivity contribution < 1.29 is 9.53 Å². The molecular formula is C20H25NO2S. The molecule has 1 N–H and O–H groups in total. The van der Waals surface area contributed by atoms with Gasteiger partial charge >= 0.3 is 6.09 Å². The van der Waals surface area contributed by atoms with Crippen molar-refractivity contribution in [3.8, 4) is 5.75 Å². The molecule has 0 saturated carbocycles. The van der Waals surface area contributed by atoms with Gasteiger partial charge in [-0.2, -0.15) is 0 Å². The minimum atomic E-state index is -0.419. The number of carbonyl (C=O) groups is 1. The van der Waals surface area contributed by atoms with Crippen LogP contribution in [-0.2, 0) is 0 Å². The van der Waals surface area contributed by atoms with Crippen LogP contribution in [0.15, 0.2) is 53.4 Å². The highest BCUT2D eigenvalue weighted by Crippen LogP contribution is 2.36. The third-order valence-corrected chi connectivity index (χ3v) is 4.68. The SMILES string of the molecule is CCSc1cccc(C(C)C)c1OC(=O)N[C@H](C)c1ccccc1. The Hall–Kier alpha value is -1.94. The lowest BCUT2D eigenvalue weighted by atomic mass is 10.0.